The number of hydroxylamine groups is 4. The first kappa shape index (κ1) is 33.8. The number of hydrogen-bond acceptors (Lipinski definition) is 5. The second kappa shape index (κ2) is 13.2. The molecular weight excluding hydrogens is 472 g/mol. The fourth-order valence-electron chi connectivity index (χ4n) is 6.99. The Labute approximate surface area is 225 Å². The predicted molar refractivity (Wildman–Crippen MR) is 146 cm³/mol. The molecule has 1 atom stereocenters. The van der Waals surface area contributed by atoms with E-state index in [0.717, 1.165) is 64.2 Å². The molecule has 2 aliphatic rings. The Kier molecular flexibility index (Phi) is 12.1. The number of unbranched alkanes of at least 4 members (excludes halogenated alkanes) is 4. The van der Waals surface area contributed by atoms with Gasteiger partial charge in [-0.15, -0.1) is 0 Å². The van der Waals surface area contributed by atoms with Gasteiger partial charge in [-0.25, -0.2) is 0 Å². The Morgan fingerprint density at radius 3 is 1.73 bits per heavy atom. The first-order valence-electron chi connectivity index (χ1n) is 14.2. The van der Waals surface area contributed by atoms with E-state index >= 15 is 0 Å². The molecule has 0 spiro atoms. The van der Waals surface area contributed by atoms with Gasteiger partial charge < -0.3 is 15.5 Å². The molecule has 2 rings (SSSR count). The molecule has 2 saturated heterocycles. The number of rotatable bonds is 11. The number of nitrogens with one attached hydrogen (secondary N) is 1. The summed E-state index contributed by atoms with van der Waals surface area (Å²) in [7, 11) is 1.58. The topological polar surface area (TPSA) is 116 Å². The molecule has 2 aliphatic heterocycles. The zero-order valence-electron chi connectivity index (χ0n) is 25.2. The second-order valence-electron chi connectivity index (χ2n) is 13.9. The molecule has 0 aromatic heterocycles. The van der Waals surface area contributed by atoms with E-state index in [1.54, 1.807) is 7.11 Å². The molecule has 8 nitrogen and oxygen atoms in total. The third-order valence-electron chi connectivity index (χ3n) is 8.50. The van der Waals surface area contributed by atoms with Gasteiger partial charge in [-0.3, -0.25) is 9.59 Å². The van der Waals surface area contributed by atoms with Crippen LogP contribution in [0.3, 0.4) is 0 Å². The molecule has 1 unspecified atom stereocenters. The second-order valence-corrected chi connectivity index (χ2v) is 13.9. The van der Waals surface area contributed by atoms with E-state index in [4.69, 9.17) is 9.94 Å². The van der Waals surface area contributed by atoms with Crippen LogP contribution in [0.2, 0.25) is 0 Å². The zero-order valence-corrected chi connectivity index (χ0v) is 25.2. The van der Waals surface area contributed by atoms with Crippen LogP contribution in [-0.2, 0) is 14.4 Å². The van der Waals surface area contributed by atoms with Gasteiger partial charge in [0.05, 0.1) is 13.0 Å². The first-order valence-corrected chi connectivity index (χ1v) is 14.2. The molecule has 2 fully saturated rings. The molecule has 0 saturated carbocycles. The van der Waals surface area contributed by atoms with E-state index in [1.807, 2.05) is 0 Å². The number of carbonyl (C=O) groups is 2. The van der Waals surface area contributed by atoms with Crippen LogP contribution < -0.4 is 5.32 Å². The Bertz CT molecular complexity index is 715. The number of piperidine rings is 2. The van der Waals surface area contributed by atoms with Gasteiger partial charge >= 0.3 is 11.9 Å². The predicted octanol–water partition coefficient (Wildman–Crippen LogP) is 6.55. The van der Waals surface area contributed by atoms with Crippen LogP contribution in [-0.4, -0.2) is 61.4 Å². The normalized spacial score (nSPS) is 24.4. The molecule has 0 aliphatic carbocycles. The van der Waals surface area contributed by atoms with E-state index < -0.39 is 11.9 Å². The van der Waals surface area contributed by atoms with Crippen LogP contribution in [0.5, 0.6) is 0 Å². The van der Waals surface area contributed by atoms with Crippen molar-refractivity contribution in [2.45, 2.75) is 155 Å². The number of quaternary nitrogens is 1. The van der Waals surface area contributed by atoms with E-state index in [0.29, 0.717) is 6.42 Å². The van der Waals surface area contributed by atoms with Gasteiger partial charge in [0, 0.05) is 30.3 Å². The molecule has 0 amide bonds. The van der Waals surface area contributed by atoms with Crippen LogP contribution in [0.1, 0.15) is 132 Å². The van der Waals surface area contributed by atoms with Crippen LogP contribution in [0, 0.1) is 11.8 Å². The molecule has 8 heteroatoms. The van der Waals surface area contributed by atoms with E-state index in [-0.39, 0.29) is 45.2 Å². The summed E-state index contributed by atoms with van der Waals surface area (Å²) in [5, 5.41) is 32.4. The molecule has 218 valence electrons. The number of aliphatic carboxylic acids is 2. The Morgan fingerprint density at radius 2 is 1.32 bits per heavy atom. The molecule has 0 bridgehead atoms. The summed E-state index contributed by atoms with van der Waals surface area (Å²) in [6, 6.07) is 0. The number of hydrogen-bond donors (Lipinski definition) is 4. The first-order chi connectivity index (χ1) is 16.8. The molecule has 2 heterocycles. The van der Waals surface area contributed by atoms with E-state index in [2.05, 4.69) is 60.7 Å². The molecule has 0 aromatic carbocycles. The summed E-state index contributed by atoms with van der Waals surface area (Å²) >= 11 is 0. The van der Waals surface area contributed by atoms with E-state index in [1.165, 1.54) is 0 Å². The van der Waals surface area contributed by atoms with Crippen molar-refractivity contribution >= 4 is 11.9 Å². The smallest absolute Gasteiger partial charge is 0.306 e. The lowest BCUT2D eigenvalue weighted by Gasteiger charge is -2.52. The van der Waals surface area contributed by atoms with Crippen molar-refractivity contribution in [1.82, 2.24) is 5.32 Å². The minimum absolute atomic E-state index is 0.0308. The standard InChI is InChI=1S/C19H35NO4.C10H22NO2/c1-18(2)12-14(13-19(3,4)20-18)15(17(23)24)10-8-6-5-7-9-11-16(21)22;1-9(2)7-6-8-10(3,4)11(9,12)13-5/h14-15,20H,5-13H2,1-4H3,(H,21,22)(H,23,24);12H,6-8H2,1-5H3/q;+1. The monoisotopic (exact) mass is 529 g/mol. The average Bonchev–Trinajstić information content (AvgIpc) is 2.71. The van der Waals surface area contributed by atoms with Gasteiger partial charge in [0.1, 0.15) is 0 Å². The zero-order chi connectivity index (χ0) is 28.7. The highest BCUT2D eigenvalue weighted by Crippen LogP contribution is 2.44. The van der Waals surface area contributed by atoms with E-state index in [9.17, 15) is 19.9 Å². The Balaban J connectivity index is 0.000000442. The highest BCUT2D eigenvalue weighted by Gasteiger charge is 2.59. The van der Waals surface area contributed by atoms with Crippen LogP contribution >= 0.6 is 0 Å². The minimum atomic E-state index is -0.739. The SMILES string of the molecule is CC1(C)CC(C(CCCCCCCC(=O)O)C(=O)O)CC(C)(C)N1.CO[N+]1(O)C(C)(C)CCCC1(C)C. The van der Waals surface area contributed by atoms with Gasteiger partial charge in [-0.05, 0) is 98.2 Å². The highest BCUT2D eigenvalue weighted by atomic mass is 16.9. The molecule has 0 aromatic rings. The third-order valence-corrected chi connectivity index (χ3v) is 8.50. The van der Waals surface area contributed by atoms with Gasteiger partial charge in [0.2, 0.25) is 0 Å². The summed E-state index contributed by atoms with van der Waals surface area (Å²) in [4.78, 5) is 27.3. The summed E-state index contributed by atoms with van der Waals surface area (Å²) < 4.78 is 0. The average molecular weight is 530 g/mol. The lowest BCUT2D eigenvalue weighted by atomic mass is 9.69. The van der Waals surface area contributed by atoms with Crippen LogP contribution in [0.25, 0.3) is 0 Å². The maximum absolute atomic E-state index is 11.8. The van der Waals surface area contributed by atoms with Crippen molar-refractivity contribution in [1.29, 1.82) is 0 Å². The lowest BCUT2D eigenvalue weighted by Crippen LogP contribution is -2.70. The van der Waals surface area contributed by atoms with Crippen molar-refractivity contribution in [3.63, 3.8) is 0 Å². The Morgan fingerprint density at radius 1 is 0.865 bits per heavy atom. The third kappa shape index (κ3) is 9.79. The largest absolute Gasteiger partial charge is 0.481 e. The van der Waals surface area contributed by atoms with Gasteiger partial charge in [0.15, 0.2) is 11.1 Å². The fraction of sp³-hybridized carbons (Fsp3) is 0.931. The number of nitrogens with zero attached hydrogens (tertiary/aromatic N) is 1. The van der Waals surface area contributed by atoms with Gasteiger partial charge in [-0.2, -0.15) is 10.0 Å². The van der Waals surface area contributed by atoms with Crippen molar-refractivity contribution in [3.8, 4) is 0 Å². The highest BCUT2D eigenvalue weighted by molar-refractivity contribution is 5.70. The number of carboxylic acid groups (broad SMARTS) is 2. The van der Waals surface area contributed by atoms with Crippen molar-refractivity contribution in [2.75, 3.05) is 7.11 Å². The molecular formula is C29H57N2O6+. The van der Waals surface area contributed by atoms with Gasteiger partial charge in [0.25, 0.3) is 0 Å². The fourth-order valence-corrected chi connectivity index (χ4v) is 6.99. The molecule has 0 radical (unpaired) electrons. The maximum atomic E-state index is 11.8. The summed E-state index contributed by atoms with van der Waals surface area (Å²) in [5.74, 6) is -1.47. The summed E-state index contributed by atoms with van der Waals surface area (Å²) in [5.41, 5.74) is -0.485. The van der Waals surface area contributed by atoms with Crippen molar-refractivity contribution in [2.24, 2.45) is 11.8 Å². The van der Waals surface area contributed by atoms with Crippen LogP contribution in [0.4, 0.5) is 0 Å². The van der Waals surface area contributed by atoms with Crippen LogP contribution in [0.15, 0.2) is 0 Å². The van der Waals surface area contributed by atoms with Crippen molar-refractivity contribution < 1.29 is 34.7 Å². The lowest BCUT2D eigenvalue weighted by molar-refractivity contribution is -1.30. The van der Waals surface area contributed by atoms with Crippen molar-refractivity contribution in [3.05, 3.63) is 0 Å². The Hall–Kier alpha value is -1.22. The molecule has 37 heavy (non-hydrogen) atoms. The maximum Gasteiger partial charge on any atom is 0.306 e. The quantitative estimate of drug-likeness (QED) is 0.177. The van der Waals surface area contributed by atoms with Gasteiger partial charge in [-0.1, -0.05) is 25.7 Å². The minimum Gasteiger partial charge on any atom is -0.481 e. The summed E-state index contributed by atoms with van der Waals surface area (Å²) in [6.45, 7) is 16.8. The molecule has 4 N–H and O–H groups in total. The summed E-state index contributed by atoms with van der Waals surface area (Å²) in [6.07, 6.45) is 10.4. The number of carboxylic acids is 2.